The Morgan fingerprint density at radius 2 is 2.15 bits per heavy atom. The van der Waals surface area contributed by atoms with Crippen LogP contribution in [0.5, 0.6) is 0 Å². The van der Waals surface area contributed by atoms with E-state index in [4.69, 9.17) is 4.42 Å². The van der Waals surface area contributed by atoms with Crippen LogP contribution in [0.15, 0.2) is 41.2 Å². The van der Waals surface area contributed by atoms with Crippen molar-refractivity contribution in [2.24, 2.45) is 0 Å². The third-order valence-electron chi connectivity index (χ3n) is 1.91. The third-order valence-corrected chi connectivity index (χ3v) is 1.91. The zero-order valence-electron chi connectivity index (χ0n) is 8.29. The van der Waals surface area contributed by atoms with E-state index in [-0.39, 0.29) is 0 Å². The van der Waals surface area contributed by atoms with Gasteiger partial charge in [-0.15, -0.1) is 0 Å². The van der Waals surface area contributed by atoms with Gasteiger partial charge < -0.3 is 4.42 Å². The summed E-state index contributed by atoms with van der Waals surface area (Å²) in [5, 5.41) is 0. The van der Waals surface area contributed by atoms with Gasteiger partial charge in [0, 0.05) is 5.56 Å². The molecule has 0 bridgehead atoms. The molecule has 0 spiro atoms. The molecule has 0 atom stereocenters. The molecule has 0 amide bonds. The third kappa shape index (κ3) is 2.62. The zero-order chi connectivity index (χ0) is 9.52. The summed E-state index contributed by atoms with van der Waals surface area (Å²) in [6.45, 7) is 4.00. The van der Waals surface area contributed by atoms with E-state index in [0.29, 0.717) is 0 Å². The average molecular weight is 176 g/mol. The Kier molecular flexibility index (Phi) is 4.10. The molecule has 0 N–H and O–H groups in total. The predicted octanol–water partition coefficient (Wildman–Crippen LogP) is 4.04. The molecule has 0 aliphatic heterocycles. The fraction of sp³-hybridized carbons (Fsp3) is 0.333. The molecule has 0 fully saturated rings. The molecule has 1 heteroatoms. The maximum absolute atomic E-state index is 5.00. The van der Waals surface area contributed by atoms with Crippen molar-refractivity contribution in [1.29, 1.82) is 0 Å². The summed E-state index contributed by atoms with van der Waals surface area (Å²) >= 11 is 0. The van der Waals surface area contributed by atoms with Crippen LogP contribution in [0.25, 0.3) is 5.57 Å². The molecule has 0 saturated carbocycles. The molecule has 1 heterocycles. The fourth-order valence-corrected chi connectivity index (χ4v) is 1.29. The monoisotopic (exact) mass is 176 g/mol. The van der Waals surface area contributed by atoms with Gasteiger partial charge in [0.05, 0.1) is 12.5 Å². The van der Waals surface area contributed by atoms with Gasteiger partial charge in [-0.2, -0.15) is 0 Å². The number of hydrogen-bond donors (Lipinski definition) is 0. The highest BCUT2D eigenvalue weighted by molar-refractivity contribution is 5.67. The van der Waals surface area contributed by atoms with Crippen LogP contribution >= 0.6 is 0 Å². The van der Waals surface area contributed by atoms with Crippen LogP contribution in [0.4, 0.5) is 0 Å². The van der Waals surface area contributed by atoms with Crippen molar-refractivity contribution in [2.45, 2.75) is 26.7 Å². The standard InChI is InChI=1S/C10H10O.C2H6/c1-2-4-9(5-3-1)10-6-7-11-8-10;1-2/h1-2,4,6-8H,3,5H2;1-2H3. The van der Waals surface area contributed by atoms with Crippen LogP contribution < -0.4 is 0 Å². The van der Waals surface area contributed by atoms with Crippen LogP contribution in [0.1, 0.15) is 32.3 Å². The molecule has 0 radical (unpaired) electrons. The summed E-state index contributed by atoms with van der Waals surface area (Å²) in [6.07, 6.45) is 12.2. The summed E-state index contributed by atoms with van der Waals surface area (Å²) in [5.74, 6) is 0. The largest absolute Gasteiger partial charge is 0.472 e. The minimum Gasteiger partial charge on any atom is -0.472 e. The van der Waals surface area contributed by atoms with E-state index >= 15 is 0 Å². The van der Waals surface area contributed by atoms with E-state index in [1.807, 2.05) is 19.9 Å². The molecule has 0 unspecified atom stereocenters. The number of rotatable bonds is 1. The molecule has 70 valence electrons. The van der Waals surface area contributed by atoms with Gasteiger partial charge in [0.2, 0.25) is 0 Å². The van der Waals surface area contributed by atoms with Crippen molar-refractivity contribution in [1.82, 2.24) is 0 Å². The predicted molar refractivity (Wildman–Crippen MR) is 56.4 cm³/mol. The topological polar surface area (TPSA) is 13.1 Å². The summed E-state index contributed by atoms with van der Waals surface area (Å²) in [7, 11) is 0. The Hall–Kier alpha value is -1.24. The molecule has 2 rings (SSSR count). The van der Waals surface area contributed by atoms with E-state index in [2.05, 4.69) is 18.2 Å². The lowest BCUT2D eigenvalue weighted by molar-refractivity contribution is 0.566. The van der Waals surface area contributed by atoms with Crippen molar-refractivity contribution in [3.05, 3.63) is 42.4 Å². The second-order valence-electron chi connectivity index (χ2n) is 2.67. The minimum absolute atomic E-state index is 1.13. The lowest BCUT2D eigenvalue weighted by atomic mass is 10.0. The van der Waals surface area contributed by atoms with E-state index < -0.39 is 0 Å². The quantitative estimate of drug-likeness (QED) is 0.629. The first kappa shape index (κ1) is 9.85. The minimum atomic E-state index is 1.13. The highest BCUT2D eigenvalue weighted by Crippen LogP contribution is 2.23. The SMILES string of the molecule is C1=CCCC(c2ccoc2)=C1.CC. The van der Waals surface area contributed by atoms with E-state index in [1.54, 1.807) is 12.5 Å². The van der Waals surface area contributed by atoms with E-state index in [0.717, 1.165) is 12.8 Å². The average Bonchev–Trinajstić information content (AvgIpc) is 2.75. The molecule has 0 saturated heterocycles. The Balaban J connectivity index is 0.000000396. The van der Waals surface area contributed by atoms with Crippen molar-refractivity contribution in [3.63, 3.8) is 0 Å². The first-order chi connectivity index (χ1) is 6.47. The van der Waals surface area contributed by atoms with Crippen LogP contribution in [0, 0.1) is 0 Å². The van der Waals surface area contributed by atoms with Gasteiger partial charge in [0.1, 0.15) is 0 Å². The maximum Gasteiger partial charge on any atom is 0.0977 e. The van der Waals surface area contributed by atoms with Crippen molar-refractivity contribution in [2.75, 3.05) is 0 Å². The fourth-order valence-electron chi connectivity index (χ4n) is 1.29. The highest BCUT2D eigenvalue weighted by Gasteiger charge is 2.02. The smallest absolute Gasteiger partial charge is 0.0977 e. The Morgan fingerprint density at radius 3 is 2.69 bits per heavy atom. The lowest BCUT2D eigenvalue weighted by Crippen LogP contribution is -1.84. The van der Waals surface area contributed by atoms with Crippen molar-refractivity contribution < 1.29 is 4.42 Å². The van der Waals surface area contributed by atoms with Crippen LogP contribution in [-0.2, 0) is 0 Å². The first-order valence-electron chi connectivity index (χ1n) is 4.85. The van der Waals surface area contributed by atoms with Crippen LogP contribution in [-0.4, -0.2) is 0 Å². The first-order valence-corrected chi connectivity index (χ1v) is 4.85. The molecule has 1 aliphatic carbocycles. The Morgan fingerprint density at radius 1 is 1.31 bits per heavy atom. The van der Waals surface area contributed by atoms with E-state index in [1.165, 1.54) is 11.1 Å². The summed E-state index contributed by atoms with van der Waals surface area (Å²) in [4.78, 5) is 0. The van der Waals surface area contributed by atoms with Crippen molar-refractivity contribution >= 4 is 5.57 Å². The lowest BCUT2D eigenvalue weighted by Gasteiger charge is -2.04. The molecule has 1 aromatic heterocycles. The number of allylic oxidation sites excluding steroid dienone is 4. The molecule has 1 aromatic rings. The van der Waals surface area contributed by atoms with Gasteiger partial charge in [0.25, 0.3) is 0 Å². The number of furan rings is 1. The van der Waals surface area contributed by atoms with Crippen LogP contribution in [0.2, 0.25) is 0 Å². The zero-order valence-corrected chi connectivity index (χ0v) is 8.29. The normalized spacial score (nSPS) is 14.5. The van der Waals surface area contributed by atoms with Gasteiger partial charge in [-0.1, -0.05) is 32.1 Å². The molecular weight excluding hydrogens is 160 g/mol. The van der Waals surface area contributed by atoms with E-state index in [9.17, 15) is 0 Å². The summed E-state index contributed by atoms with van der Waals surface area (Å²) < 4.78 is 5.00. The summed E-state index contributed by atoms with van der Waals surface area (Å²) in [6, 6.07) is 2.00. The van der Waals surface area contributed by atoms with Gasteiger partial charge in [-0.25, -0.2) is 0 Å². The number of hydrogen-bond acceptors (Lipinski definition) is 1. The second kappa shape index (κ2) is 5.41. The van der Waals surface area contributed by atoms with Crippen LogP contribution in [0.3, 0.4) is 0 Å². The Bertz CT molecular complexity index is 278. The molecule has 1 nitrogen and oxygen atoms in total. The second-order valence-corrected chi connectivity index (χ2v) is 2.67. The van der Waals surface area contributed by atoms with Gasteiger partial charge in [-0.05, 0) is 24.5 Å². The molecule has 1 aliphatic rings. The molecule has 0 aromatic carbocycles. The highest BCUT2D eigenvalue weighted by atomic mass is 16.3. The van der Waals surface area contributed by atoms with Gasteiger partial charge >= 0.3 is 0 Å². The maximum atomic E-state index is 5.00. The van der Waals surface area contributed by atoms with Crippen molar-refractivity contribution in [3.8, 4) is 0 Å². The Labute approximate surface area is 79.8 Å². The molecular formula is C12H16O. The van der Waals surface area contributed by atoms with Gasteiger partial charge in [0.15, 0.2) is 0 Å². The van der Waals surface area contributed by atoms with Gasteiger partial charge in [-0.3, -0.25) is 0 Å². The summed E-state index contributed by atoms with van der Waals surface area (Å²) in [5.41, 5.74) is 2.59. The molecule has 13 heavy (non-hydrogen) atoms.